The molecule has 4 N–H and O–H groups in total. The zero-order valence-corrected chi connectivity index (χ0v) is 35.7. The van der Waals surface area contributed by atoms with Crippen LogP contribution in [0.2, 0.25) is 0 Å². The van der Waals surface area contributed by atoms with Crippen molar-refractivity contribution in [3.8, 4) is 0 Å². The van der Waals surface area contributed by atoms with Gasteiger partial charge in [-0.2, -0.15) is 0 Å². The number of unbranched alkanes of at least 4 members (excludes halogenated alkanes) is 23. The van der Waals surface area contributed by atoms with E-state index in [1.54, 1.807) is 0 Å². The number of carbonyl (C=O) groups is 3. The highest BCUT2D eigenvalue weighted by atomic mass is 31.2. The quantitative estimate of drug-likeness (QED) is 0.0232. The maximum Gasteiger partial charge on any atom is 0.472 e. The Morgan fingerprint density at radius 2 is 0.964 bits per heavy atom. The Hall–Kier alpha value is -2.04. The number of nitrogens with two attached hydrogens (primary N) is 1. The summed E-state index contributed by atoms with van der Waals surface area (Å²) >= 11 is 0. The number of allylic oxidation sites excluding steroid dienone is 4. The van der Waals surface area contributed by atoms with Gasteiger partial charge in [-0.15, -0.1) is 0 Å². The average molecular weight is 802 g/mol. The monoisotopic (exact) mass is 802 g/mol. The number of phosphoric acid groups is 1. The van der Waals surface area contributed by atoms with E-state index in [4.69, 9.17) is 24.8 Å². The van der Waals surface area contributed by atoms with Gasteiger partial charge in [-0.3, -0.25) is 23.4 Å². The summed E-state index contributed by atoms with van der Waals surface area (Å²) in [6.07, 6.45) is 39.5. The van der Waals surface area contributed by atoms with Crippen molar-refractivity contribution in [2.75, 3.05) is 19.8 Å². The van der Waals surface area contributed by atoms with Crippen molar-refractivity contribution in [1.82, 2.24) is 0 Å². The molecule has 0 spiro atoms. The molecule has 0 saturated carbocycles. The Bertz CT molecular complexity index is 1040. The van der Waals surface area contributed by atoms with E-state index < -0.39 is 51.1 Å². The number of hydrogen-bond donors (Lipinski definition) is 3. The molecule has 322 valence electrons. The van der Waals surface area contributed by atoms with Crippen molar-refractivity contribution >= 4 is 25.7 Å². The zero-order chi connectivity index (χ0) is 40.7. The number of rotatable bonds is 41. The molecule has 11 nitrogen and oxygen atoms in total. The molecule has 0 aromatic rings. The lowest BCUT2D eigenvalue weighted by molar-refractivity contribution is -0.161. The van der Waals surface area contributed by atoms with Gasteiger partial charge in [-0.1, -0.05) is 167 Å². The maximum atomic E-state index is 12.6. The Labute approximate surface area is 334 Å². The van der Waals surface area contributed by atoms with Crippen molar-refractivity contribution < 1.29 is 47.5 Å². The van der Waals surface area contributed by atoms with Crippen LogP contribution in [0.1, 0.15) is 200 Å². The fourth-order valence-corrected chi connectivity index (χ4v) is 6.76. The molecule has 0 heterocycles. The highest BCUT2D eigenvalue weighted by Crippen LogP contribution is 2.43. The third kappa shape index (κ3) is 38.6. The van der Waals surface area contributed by atoms with Crippen LogP contribution in [0.25, 0.3) is 0 Å². The summed E-state index contributed by atoms with van der Waals surface area (Å²) in [4.78, 5) is 45.9. The Balaban J connectivity index is 4.35. The van der Waals surface area contributed by atoms with E-state index in [2.05, 4.69) is 42.7 Å². The van der Waals surface area contributed by atoms with Crippen molar-refractivity contribution in [2.24, 2.45) is 5.73 Å². The second-order valence-corrected chi connectivity index (χ2v) is 16.3. The van der Waals surface area contributed by atoms with E-state index in [1.165, 1.54) is 109 Å². The van der Waals surface area contributed by atoms with E-state index in [-0.39, 0.29) is 19.4 Å². The SMILES string of the molecule is CCCCC/C=C/C/C=C/CCCCCCCCCC(=O)OC[C@H](COP(=O)(O)OC[C@H](N)C(=O)O)OC(=O)CCCCCCCCCCCCCCCC. The van der Waals surface area contributed by atoms with Gasteiger partial charge in [0.15, 0.2) is 6.10 Å². The second kappa shape index (κ2) is 38.8. The van der Waals surface area contributed by atoms with Gasteiger partial charge in [0.05, 0.1) is 13.2 Å². The Morgan fingerprint density at radius 1 is 0.564 bits per heavy atom. The van der Waals surface area contributed by atoms with Crippen LogP contribution in [0.3, 0.4) is 0 Å². The van der Waals surface area contributed by atoms with E-state index in [1.807, 2.05) is 0 Å². The third-order valence-electron chi connectivity index (χ3n) is 9.45. The number of esters is 2. The minimum Gasteiger partial charge on any atom is -0.480 e. The first-order valence-electron chi connectivity index (χ1n) is 21.9. The highest BCUT2D eigenvalue weighted by Gasteiger charge is 2.28. The molecule has 0 amide bonds. The van der Waals surface area contributed by atoms with Crippen molar-refractivity contribution in [3.63, 3.8) is 0 Å². The minimum absolute atomic E-state index is 0.163. The lowest BCUT2D eigenvalue weighted by Gasteiger charge is -2.20. The standard InChI is InChI=1S/C43H80NO10P/c1-3-5-7-9-11-13-15-17-19-20-21-23-24-26-28-30-32-34-41(45)51-36-39(37-52-55(49,50)53-38-40(44)43(47)48)54-42(46)35-33-31-29-27-25-22-18-16-14-12-10-8-6-4-2/h11,13,17,19,39-40H,3-10,12,14-16,18,20-38,44H2,1-2H3,(H,47,48)(H,49,50)/b13-11+,19-17+/t39-,40+/m1/s1. The van der Waals surface area contributed by atoms with E-state index in [0.717, 1.165) is 51.4 Å². The average Bonchev–Trinajstić information content (AvgIpc) is 3.16. The van der Waals surface area contributed by atoms with Crippen LogP contribution in [0.15, 0.2) is 24.3 Å². The number of phosphoric ester groups is 1. The Morgan fingerprint density at radius 3 is 1.45 bits per heavy atom. The molecule has 55 heavy (non-hydrogen) atoms. The van der Waals surface area contributed by atoms with E-state index in [9.17, 15) is 23.8 Å². The summed E-state index contributed by atoms with van der Waals surface area (Å²) in [6.45, 7) is 2.78. The third-order valence-corrected chi connectivity index (χ3v) is 10.4. The predicted molar refractivity (Wildman–Crippen MR) is 222 cm³/mol. The largest absolute Gasteiger partial charge is 0.480 e. The summed E-state index contributed by atoms with van der Waals surface area (Å²) in [5.74, 6) is -2.38. The molecule has 12 heteroatoms. The second-order valence-electron chi connectivity index (χ2n) is 14.8. The molecular formula is C43H80NO10P. The van der Waals surface area contributed by atoms with Crippen LogP contribution in [0.4, 0.5) is 0 Å². The molecule has 0 aliphatic carbocycles. The summed E-state index contributed by atoms with van der Waals surface area (Å²) in [7, 11) is -4.71. The number of aliphatic carboxylic acids is 1. The molecule has 0 rings (SSSR count). The number of carbonyl (C=O) groups excluding carboxylic acids is 2. The molecule has 0 aliphatic rings. The lowest BCUT2D eigenvalue weighted by atomic mass is 10.0. The molecule has 1 unspecified atom stereocenters. The van der Waals surface area contributed by atoms with E-state index in [0.29, 0.717) is 12.8 Å². The highest BCUT2D eigenvalue weighted by molar-refractivity contribution is 7.47. The van der Waals surface area contributed by atoms with Crippen LogP contribution in [0.5, 0.6) is 0 Å². The van der Waals surface area contributed by atoms with Gasteiger partial charge in [0.25, 0.3) is 0 Å². The minimum atomic E-state index is -4.71. The molecule has 0 bridgehead atoms. The van der Waals surface area contributed by atoms with Crippen LogP contribution in [0, 0.1) is 0 Å². The van der Waals surface area contributed by atoms with Crippen molar-refractivity contribution in [3.05, 3.63) is 24.3 Å². The van der Waals surface area contributed by atoms with Crippen LogP contribution in [-0.4, -0.2) is 59.9 Å². The smallest absolute Gasteiger partial charge is 0.472 e. The summed E-state index contributed by atoms with van der Waals surface area (Å²) in [5, 5.41) is 8.88. The molecule has 0 aromatic carbocycles. The normalized spacial score (nSPS) is 14.0. The fourth-order valence-electron chi connectivity index (χ4n) is 5.98. The van der Waals surface area contributed by atoms with Gasteiger partial charge >= 0.3 is 25.7 Å². The van der Waals surface area contributed by atoms with Crippen LogP contribution < -0.4 is 5.73 Å². The first kappa shape index (κ1) is 53.0. The number of carboxylic acid groups (broad SMARTS) is 1. The summed E-state index contributed by atoms with van der Waals surface area (Å²) in [5.41, 5.74) is 5.33. The zero-order valence-electron chi connectivity index (χ0n) is 34.8. The molecule has 0 aromatic heterocycles. The molecule has 0 aliphatic heterocycles. The number of hydrogen-bond acceptors (Lipinski definition) is 9. The number of ether oxygens (including phenoxy) is 2. The maximum absolute atomic E-state index is 12.6. The van der Waals surface area contributed by atoms with E-state index >= 15 is 0 Å². The molecular weight excluding hydrogens is 721 g/mol. The molecule has 0 fully saturated rings. The van der Waals surface area contributed by atoms with Gasteiger partial charge < -0.3 is 25.2 Å². The van der Waals surface area contributed by atoms with Crippen LogP contribution in [-0.2, 0) is 37.5 Å². The van der Waals surface area contributed by atoms with Gasteiger partial charge in [0.1, 0.15) is 12.6 Å². The first-order valence-corrected chi connectivity index (χ1v) is 23.4. The molecule has 3 atom stereocenters. The summed E-state index contributed by atoms with van der Waals surface area (Å²) < 4.78 is 32.7. The Kier molecular flexibility index (Phi) is 37.4. The van der Waals surface area contributed by atoms with Crippen LogP contribution >= 0.6 is 7.82 Å². The van der Waals surface area contributed by atoms with Gasteiger partial charge in [-0.05, 0) is 44.9 Å². The molecule has 0 saturated heterocycles. The lowest BCUT2D eigenvalue weighted by Crippen LogP contribution is -2.34. The summed E-state index contributed by atoms with van der Waals surface area (Å²) in [6, 6.07) is -1.52. The topological polar surface area (TPSA) is 172 Å². The predicted octanol–water partition coefficient (Wildman–Crippen LogP) is 11.5. The molecule has 0 radical (unpaired) electrons. The van der Waals surface area contributed by atoms with Gasteiger partial charge in [0, 0.05) is 12.8 Å². The van der Waals surface area contributed by atoms with Crippen molar-refractivity contribution in [1.29, 1.82) is 0 Å². The van der Waals surface area contributed by atoms with Gasteiger partial charge in [0.2, 0.25) is 0 Å². The fraction of sp³-hybridized carbons (Fsp3) is 0.837. The van der Waals surface area contributed by atoms with Gasteiger partial charge in [-0.25, -0.2) is 4.57 Å². The first-order chi connectivity index (χ1) is 26.6. The van der Waals surface area contributed by atoms with Crippen molar-refractivity contribution in [2.45, 2.75) is 212 Å². The number of carboxylic acids is 1.